The highest BCUT2D eigenvalue weighted by atomic mass is 16.6. The summed E-state index contributed by atoms with van der Waals surface area (Å²) in [6.45, 7) is 1.31. The SMILES string of the molecule is C/C(=N/OCC(=O)O)c1ccc[nH]1. The normalized spacial score (nSPS) is 11.3. The lowest BCUT2D eigenvalue weighted by Gasteiger charge is -1.96. The molecule has 1 heterocycles. The Bertz CT molecular complexity index is 303. The van der Waals surface area contributed by atoms with Crippen molar-refractivity contribution in [2.45, 2.75) is 6.92 Å². The molecule has 0 spiro atoms. The first kappa shape index (κ1) is 9.31. The van der Waals surface area contributed by atoms with Gasteiger partial charge >= 0.3 is 5.97 Å². The van der Waals surface area contributed by atoms with Crippen LogP contribution in [0.5, 0.6) is 0 Å². The fourth-order valence-electron chi connectivity index (χ4n) is 0.789. The monoisotopic (exact) mass is 182 g/mol. The van der Waals surface area contributed by atoms with Gasteiger partial charge in [-0.25, -0.2) is 4.79 Å². The van der Waals surface area contributed by atoms with Crippen LogP contribution >= 0.6 is 0 Å². The van der Waals surface area contributed by atoms with Gasteiger partial charge in [0, 0.05) is 6.20 Å². The Morgan fingerprint density at radius 3 is 3.08 bits per heavy atom. The second-order valence-corrected chi connectivity index (χ2v) is 2.43. The molecule has 0 atom stereocenters. The fourth-order valence-corrected chi connectivity index (χ4v) is 0.789. The molecule has 0 radical (unpaired) electrons. The molecule has 5 nitrogen and oxygen atoms in total. The van der Waals surface area contributed by atoms with E-state index in [0.29, 0.717) is 5.71 Å². The Morgan fingerprint density at radius 2 is 2.54 bits per heavy atom. The Balaban J connectivity index is 2.48. The van der Waals surface area contributed by atoms with Crippen molar-refractivity contribution in [3.05, 3.63) is 24.0 Å². The van der Waals surface area contributed by atoms with Crippen molar-refractivity contribution in [3.8, 4) is 0 Å². The number of carboxylic acids is 1. The van der Waals surface area contributed by atoms with Crippen LogP contribution < -0.4 is 0 Å². The van der Waals surface area contributed by atoms with Gasteiger partial charge in [-0.15, -0.1) is 0 Å². The number of carbonyl (C=O) groups is 1. The van der Waals surface area contributed by atoms with E-state index in [1.54, 1.807) is 13.1 Å². The summed E-state index contributed by atoms with van der Waals surface area (Å²) in [6.07, 6.45) is 1.76. The van der Waals surface area contributed by atoms with Crippen molar-refractivity contribution in [2.75, 3.05) is 6.61 Å². The third-order valence-electron chi connectivity index (χ3n) is 1.38. The number of hydrogen-bond acceptors (Lipinski definition) is 3. The summed E-state index contributed by atoms with van der Waals surface area (Å²) in [4.78, 5) is 17.5. The highest BCUT2D eigenvalue weighted by Crippen LogP contribution is 1.97. The number of H-pyrrole nitrogens is 1. The number of aliphatic carboxylic acids is 1. The van der Waals surface area contributed by atoms with Crippen molar-refractivity contribution in [1.82, 2.24) is 4.98 Å². The molecule has 2 N–H and O–H groups in total. The quantitative estimate of drug-likeness (QED) is 0.535. The first-order valence-corrected chi connectivity index (χ1v) is 3.72. The lowest BCUT2D eigenvalue weighted by Crippen LogP contribution is -2.05. The molecule has 0 saturated carbocycles. The largest absolute Gasteiger partial charge is 0.479 e. The predicted molar refractivity (Wildman–Crippen MR) is 46.6 cm³/mol. The van der Waals surface area contributed by atoms with Crippen LogP contribution in [0.3, 0.4) is 0 Å². The van der Waals surface area contributed by atoms with Gasteiger partial charge in [-0.2, -0.15) is 0 Å². The molecule has 0 aliphatic heterocycles. The average molecular weight is 182 g/mol. The first-order valence-electron chi connectivity index (χ1n) is 3.72. The van der Waals surface area contributed by atoms with E-state index in [-0.39, 0.29) is 0 Å². The van der Waals surface area contributed by atoms with Crippen LogP contribution in [-0.2, 0) is 9.63 Å². The first-order chi connectivity index (χ1) is 6.20. The van der Waals surface area contributed by atoms with E-state index in [4.69, 9.17) is 5.11 Å². The summed E-state index contributed by atoms with van der Waals surface area (Å²) < 4.78 is 0. The fraction of sp³-hybridized carbons (Fsp3) is 0.250. The van der Waals surface area contributed by atoms with Gasteiger partial charge in [-0.3, -0.25) is 0 Å². The predicted octanol–water partition coefficient (Wildman–Crippen LogP) is 0.840. The van der Waals surface area contributed by atoms with Gasteiger partial charge in [0.25, 0.3) is 0 Å². The minimum absolute atomic E-state index is 0.419. The lowest BCUT2D eigenvalue weighted by molar-refractivity contribution is -0.142. The second kappa shape index (κ2) is 4.30. The highest BCUT2D eigenvalue weighted by Gasteiger charge is 1.98. The molecule has 5 heteroatoms. The summed E-state index contributed by atoms with van der Waals surface area (Å²) in [5.41, 5.74) is 1.43. The number of nitrogens with zero attached hydrogens (tertiary/aromatic N) is 1. The molecule has 0 saturated heterocycles. The number of hydrogen-bond donors (Lipinski definition) is 2. The molecule has 0 amide bonds. The highest BCUT2D eigenvalue weighted by molar-refractivity contribution is 5.96. The Morgan fingerprint density at radius 1 is 1.77 bits per heavy atom. The van der Waals surface area contributed by atoms with Gasteiger partial charge < -0.3 is 14.9 Å². The standard InChI is InChI=1S/C8H10N2O3/c1-6(7-3-2-4-9-7)10-13-5-8(11)12/h2-4,9H,5H2,1H3,(H,11,12)/b10-6-. The number of carboxylic acid groups (broad SMARTS) is 1. The molecule has 0 aromatic carbocycles. The molecule has 13 heavy (non-hydrogen) atoms. The molecule has 0 aliphatic carbocycles. The maximum absolute atomic E-state index is 10.1. The molecule has 1 aromatic heterocycles. The molecule has 1 aromatic rings. The third kappa shape index (κ3) is 2.98. The average Bonchev–Trinajstić information content (AvgIpc) is 2.55. The van der Waals surface area contributed by atoms with Crippen molar-refractivity contribution < 1.29 is 14.7 Å². The van der Waals surface area contributed by atoms with Gasteiger partial charge in [-0.05, 0) is 19.1 Å². The zero-order chi connectivity index (χ0) is 9.68. The molecular formula is C8H10N2O3. The Kier molecular flexibility index (Phi) is 3.08. The van der Waals surface area contributed by atoms with Crippen LogP contribution in [0.2, 0.25) is 0 Å². The van der Waals surface area contributed by atoms with Gasteiger partial charge in [0.2, 0.25) is 6.61 Å². The number of nitrogens with one attached hydrogen (secondary N) is 1. The van der Waals surface area contributed by atoms with Gasteiger partial charge in [-0.1, -0.05) is 5.16 Å². The third-order valence-corrected chi connectivity index (χ3v) is 1.38. The summed E-state index contributed by atoms with van der Waals surface area (Å²) in [7, 11) is 0. The van der Waals surface area contributed by atoms with Gasteiger partial charge in [0.15, 0.2) is 0 Å². The number of oxime groups is 1. The van der Waals surface area contributed by atoms with E-state index in [1.807, 2.05) is 12.1 Å². The minimum atomic E-state index is -1.04. The van der Waals surface area contributed by atoms with Crippen LogP contribution in [0.4, 0.5) is 0 Å². The molecule has 0 unspecified atom stereocenters. The van der Waals surface area contributed by atoms with Gasteiger partial charge in [0.05, 0.1) is 5.69 Å². The number of rotatable bonds is 4. The van der Waals surface area contributed by atoms with E-state index in [0.717, 1.165) is 5.69 Å². The zero-order valence-electron chi connectivity index (χ0n) is 7.15. The summed E-state index contributed by atoms with van der Waals surface area (Å²) in [6, 6.07) is 3.65. The molecule has 70 valence electrons. The van der Waals surface area contributed by atoms with Gasteiger partial charge in [0.1, 0.15) is 5.71 Å². The van der Waals surface area contributed by atoms with E-state index >= 15 is 0 Å². The van der Waals surface area contributed by atoms with Crippen LogP contribution in [0, 0.1) is 0 Å². The zero-order valence-corrected chi connectivity index (χ0v) is 7.15. The van der Waals surface area contributed by atoms with Crippen molar-refractivity contribution >= 4 is 11.7 Å². The van der Waals surface area contributed by atoms with Crippen LogP contribution in [0.25, 0.3) is 0 Å². The van der Waals surface area contributed by atoms with Crippen LogP contribution in [0.1, 0.15) is 12.6 Å². The molecule has 0 aliphatic rings. The van der Waals surface area contributed by atoms with E-state index in [2.05, 4.69) is 15.0 Å². The summed E-state index contributed by atoms with van der Waals surface area (Å²) >= 11 is 0. The maximum Gasteiger partial charge on any atom is 0.344 e. The molecule has 1 rings (SSSR count). The van der Waals surface area contributed by atoms with E-state index in [9.17, 15) is 4.79 Å². The van der Waals surface area contributed by atoms with E-state index in [1.165, 1.54) is 0 Å². The van der Waals surface area contributed by atoms with Crippen molar-refractivity contribution in [1.29, 1.82) is 0 Å². The second-order valence-electron chi connectivity index (χ2n) is 2.43. The maximum atomic E-state index is 10.1. The number of aromatic amines is 1. The summed E-state index contributed by atoms with van der Waals surface area (Å²) in [5, 5.41) is 11.9. The van der Waals surface area contributed by atoms with E-state index < -0.39 is 12.6 Å². The van der Waals surface area contributed by atoms with Crippen molar-refractivity contribution in [2.24, 2.45) is 5.16 Å². The summed E-state index contributed by atoms with van der Waals surface area (Å²) in [5.74, 6) is -1.04. The molecule has 0 bridgehead atoms. The molecule has 0 fully saturated rings. The minimum Gasteiger partial charge on any atom is -0.479 e. The lowest BCUT2D eigenvalue weighted by atomic mass is 10.3. The topological polar surface area (TPSA) is 74.7 Å². The van der Waals surface area contributed by atoms with Crippen molar-refractivity contribution in [3.63, 3.8) is 0 Å². The number of aromatic nitrogens is 1. The van der Waals surface area contributed by atoms with Crippen LogP contribution in [0.15, 0.2) is 23.5 Å². The smallest absolute Gasteiger partial charge is 0.344 e. The molecular weight excluding hydrogens is 172 g/mol. The Hall–Kier alpha value is -1.78. The van der Waals surface area contributed by atoms with Crippen LogP contribution in [-0.4, -0.2) is 28.4 Å². The Labute approximate surface area is 75.0 Å².